The van der Waals surface area contributed by atoms with Crippen LogP contribution in [0.25, 0.3) is 0 Å². The Morgan fingerprint density at radius 1 is 1.11 bits per heavy atom. The van der Waals surface area contributed by atoms with Gasteiger partial charge in [-0.15, -0.1) is 0 Å². The summed E-state index contributed by atoms with van der Waals surface area (Å²) in [6.45, 7) is 2.37. The zero-order chi connectivity index (χ0) is 19.2. The van der Waals surface area contributed by atoms with E-state index in [2.05, 4.69) is 10.5 Å². The van der Waals surface area contributed by atoms with Crippen LogP contribution in [-0.4, -0.2) is 21.8 Å². The summed E-state index contributed by atoms with van der Waals surface area (Å²) in [5, 5.41) is 13.5. The van der Waals surface area contributed by atoms with Crippen LogP contribution in [0.4, 0.5) is 0 Å². The molecule has 1 aromatic heterocycles. The van der Waals surface area contributed by atoms with E-state index < -0.39 is 11.5 Å². The Morgan fingerprint density at radius 3 is 2.59 bits per heavy atom. The minimum Gasteiger partial charge on any atom is -0.507 e. The van der Waals surface area contributed by atoms with Gasteiger partial charge in [0, 0.05) is 11.8 Å². The van der Waals surface area contributed by atoms with Gasteiger partial charge >= 0.3 is 0 Å². The molecule has 0 fully saturated rings. The molecule has 0 aliphatic carbocycles. The zero-order valence-corrected chi connectivity index (χ0v) is 14.8. The van der Waals surface area contributed by atoms with Gasteiger partial charge in [0.2, 0.25) is 0 Å². The summed E-state index contributed by atoms with van der Waals surface area (Å²) in [7, 11) is 0. The van der Waals surface area contributed by atoms with Gasteiger partial charge in [0.15, 0.2) is 0 Å². The first-order valence-electron chi connectivity index (χ1n) is 8.41. The third-order valence-corrected chi connectivity index (χ3v) is 4.04. The maximum atomic E-state index is 12.6. The van der Waals surface area contributed by atoms with E-state index in [0.29, 0.717) is 12.1 Å². The van der Waals surface area contributed by atoms with Gasteiger partial charge in [-0.1, -0.05) is 42.0 Å². The second-order valence-electron chi connectivity index (χ2n) is 6.10. The molecule has 0 spiro atoms. The highest BCUT2D eigenvalue weighted by molar-refractivity contribution is 5.94. The summed E-state index contributed by atoms with van der Waals surface area (Å²) in [6, 6.07) is 17.6. The monoisotopic (exact) mass is 361 g/mol. The van der Waals surface area contributed by atoms with Crippen molar-refractivity contribution in [1.82, 2.24) is 9.99 Å². The minimum atomic E-state index is -0.607. The van der Waals surface area contributed by atoms with Crippen molar-refractivity contribution in [2.45, 2.75) is 13.5 Å². The standard InChI is InChI=1S/C21H19N3O3/c1-15-8-10-16(11-9-15)14-24-12-4-6-18(21(24)27)20(26)23-22-13-17-5-2-3-7-19(17)25/h2-13,25H,14H2,1H3,(H,23,26)/b22-13-. The number of nitrogens with zero attached hydrogens (tertiary/aromatic N) is 2. The van der Waals surface area contributed by atoms with E-state index in [1.807, 2.05) is 31.2 Å². The van der Waals surface area contributed by atoms with Crippen molar-refractivity contribution in [2.24, 2.45) is 5.10 Å². The molecule has 1 amide bonds. The van der Waals surface area contributed by atoms with Crippen molar-refractivity contribution in [3.63, 3.8) is 0 Å². The van der Waals surface area contributed by atoms with Crippen molar-refractivity contribution in [2.75, 3.05) is 0 Å². The lowest BCUT2D eigenvalue weighted by Gasteiger charge is -2.08. The van der Waals surface area contributed by atoms with Crippen molar-refractivity contribution in [3.05, 3.63) is 99.5 Å². The number of phenolic OH excluding ortho intramolecular Hbond substituents is 1. The highest BCUT2D eigenvalue weighted by Gasteiger charge is 2.11. The summed E-state index contributed by atoms with van der Waals surface area (Å²) in [6.07, 6.45) is 2.96. The van der Waals surface area contributed by atoms with Crippen LogP contribution in [0.3, 0.4) is 0 Å². The number of aromatic hydroxyl groups is 1. The first-order valence-corrected chi connectivity index (χ1v) is 8.41. The molecule has 2 N–H and O–H groups in total. The Labute approximate surface area is 156 Å². The van der Waals surface area contributed by atoms with Gasteiger partial charge in [-0.2, -0.15) is 5.10 Å². The molecular weight excluding hydrogens is 342 g/mol. The van der Waals surface area contributed by atoms with Crippen molar-refractivity contribution < 1.29 is 9.90 Å². The van der Waals surface area contributed by atoms with E-state index in [1.54, 1.807) is 30.5 Å². The highest BCUT2D eigenvalue weighted by atomic mass is 16.3. The fourth-order valence-electron chi connectivity index (χ4n) is 2.54. The Bertz CT molecular complexity index is 1040. The lowest BCUT2D eigenvalue weighted by atomic mass is 10.1. The van der Waals surface area contributed by atoms with Gasteiger partial charge in [0.25, 0.3) is 11.5 Å². The Kier molecular flexibility index (Phi) is 5.47. The SMILES string of the molecule is Cc1ccc(Cn2cccc(C(=O)N/N=C\c3ccccc3O)c2=O)cc1. The predicted octanol–water partition coefficient (Wildman–Crippen LogP) is 2.67. The molecule has 136 valence electrons. The van der Waals surface area contributed by atoms with Crippen molar-refractivity contribution in [1.29, 1.82) is 0 Å². The summed E-state index contributed by atoms with van der Waals surface area (Å²) < 4.78 is 1.48. The van der Waals surface area contributed by atoms with Crippen LogP contribution in [0.2, 0.25) is 0 Å². The molecule has 3 rings (SSSR count). The normalized spacial score (nSPS) is 10.9. The maximum absolute atomic E-state index is 12.6. The number of aromatic nitrogens is 1. The van der Waals surface area contributed by atoms with Crippen molar-refractivity contribution in [3.8, 4) is 5.75 Å². The van der Waals surface area contributed by atoms with E-state index in [-0.39, 0.29) is 11.3 Å². The molecule has 3 aromatic rings. The third-order valence-electron chi connectivity index (χ3n) is 4.04. The number of aryl methyl sites for hydroxylation is 1. The molecule has 0 aliphatic heterocycles. The number of carbonyl (C=O) groups is 1. The predicted molar refractivity (Wildman–Crippen MR) is 104 cm³/mol. The lowest BCUT2D eigenvalue weighted by Crippen LogP contribution is -2.30. The Balaban J connectivity index is 1.74. The van der Waals surface area contributed by atoms with E-state index in [9.17, 15) is 14.7 Å². The average molecular weight is 361 g/mol. The fraction of sp³-hybridized carbons (Fsp3) is 0.0952. The van der Waals surface area contributed by atoms with Gasteiger partial charge < -0.3 is 9.67 Å². The molecule has 0 aliphatic rings. The average Bonchev–Trinajstić information content (AvgIpc) is 2.66. The summed E-state index contributed by atoms with van der Waals surface area (Å²) >= 11 is 0. The Hall–Kier alpha value is -3.67. The quantitative estimate of drug-likeness (QED) is 0.541. The smallest absolute Gasteiger partial charge is 0.276 e. The molecular formula is C21H19N3O3. The second kappa shape index (κ2) is 8.14. The van der Waals surface area contributed by atoms with Gasteiger partial charge in [0.1, 0.15) is 11.3 Å². The van der Waals surface area contributed by atoms with E-state index in [0.717, 1.165) is 11.1 Å². The number of rotatable bonds is 5. The summed E-state index contributed by atoms with van der Waals surface area (Å²) in [5.74, 6) is -0.555. The lowest BCUT2D eigenvalue weighted by molar-refractivity contribution is 0.0953. The molecule has 0 bridgehead atoms. The number of amides is 1. The number of benzene rings is 2. The zero-order valence-electron chi connectivity index (χ0n) is 14.8. The fourth-order valence-corrected chi connectivity index (χ4v) is 2.54. The van der Waals surface area contributed by atoms with Crippen LogP contribution in [0.15, 0.2) is 76.8 Å². The van der Waals surface area contributed by atoms with Gasteiger partial charge in [-0.3, -0.25) is 9.59 Å². The minimum absolute atomic E-state index is 0.000884. The molecule has 2 aromatic carbocycles. The molecule has 0 unspecified atom stereocenters. The third kappa shape index (κ3) is 4.49. The molecule has 6 heteroatoms. The van der Waals surface area contributed by atoms with Crippen LogP contribution in [-0.2, 0) is 6.54 Å². The van der Waals surface area contributed by atoms with Crippen LogP contribution in [0.5, 0.6) is 5.75 Å². The largest absolute Gasteiger partial charge is 0.507 e. The van der Waals surface area contributed by atoms with Crippen molar-refractivity contribution >= 4 is 12.1 Å². The molecule has 0 radical (unpaired) electrons. The second-order valence-corrected chi connectivity index (χ2v) is 6.10. The van der Waals surface area contributed by atoms with Crippen LogP contribution >= 0.6 is 0 Å². The van der Waals surface area contributed by atoms with E-state index >= 15 is 0 Å². The van der Waals surface area contributed by atoms with Gasteiger partial charge in [-0.05, 0) is 36.8 Å². The van der Waals surface area contributed by atoms with Gasteiger partial charge in [0.05, 0.1) is 12.8 Å². The molecule has 27 heavy (non-hydrogen) atoms. The number of hydrazone groups is 1. The number of hydrogen-bond donors (Lipinski definition) is 2. The number of hydrogen-bond acceptors (Lipinski definition) is 4. The number of nitrogens with one attached hydrogen (secondary N) is 1. The number of para-hydroxylation sites is 1. The molecule has 6 nitrogen and oxygen atoms in total. The molecule has 0 saturated carbocycles. The molecule has 0 saturated heterocycles. The van der Waals surface area contributed by atoms with E-state index in [4.69, 9.17) is 0 Å². The van der Waals surface area contributed by atoms with Gasteiger partial charge in [-0.25, -0.2) is 5.43 Å². The molecule has 0 atom stereocenters. The van der Waals surface area contributed by atoms with Crippen LogP contribution < -0.4 is 11.0 Å². The number of carbonyl (C=O) groups excluding carboxylic acids is 1. The molecule has 1 heterocycles. The van der Waals surface area contributed by atoms with E-state index in [1.165, 1.54) is 22.9 Å². The Morgan fingerprint density at radius 2 is 1.85 bits per heavy atom. The first kappa shape index (κ1) is 18.1. The topological polar surface area (TPSA) is 83.7 Å². The first-order chi connectivity index (χ1) is 13.0. The number of pyridine rings is 1. The summed E-state index contributed by atoms with van der Waals surface area (Å²) in [5.41, 5.74) is 4.50. The number of phenols is 1. The maximum Gasteiger partial charge on any atom is 0.276 e. The van der Waals surface area contributed by atoms with Crippen LogP contribution in [0, 0.1) is 6.92 Å². The highest BCUT2D eigenvalue weighted by Crippen LogP contribution is 2.12. The summed E-state index contributed by atoms with van der Waals surface area (Å²) in [4.78, 5) is 24.9. The van der Waals surface area contributed by atoms with Crippen LogP contribution in [0.1, 0.15) is 27.0 Å².